The van der Waals surface area contributed by atoms with E-state index in [1.54, 1.807) is 10.6 Å². The molecule has 4 atom stereocenters. The molecular formula is C18H30F10N2O2S. The maximum atomic E-state index is 13.9. The summed E-state index contributed by atoms with van der Waals surface area (Å²) in [6, 6.07) is -5.30. The zero-order chi connectivity index (χ0) is 26.5. The van der Waals surface area contributed by atoms with Gasteiger partial charge in [-0.05, 0) is 39.8 Å². The highest BCUT2D eigenvalue weighted by Crippen LogP contribution is 2.42. The van der Waals surface area contributed by atoms with Crippen molar-refractivity contribution < 1.29 is 52.3 Å². The van der Waals surface area contributed by atoms with Crippen molar-refractivity contribution in [3.8, 4) is 0 Å². The van der Waals surface area contributed by atoms with Crippen LogP contribution < -0.4 is 10.6 Å². The van der Waals surface area contributed by atoms with Crippen molar-refractivity contribution in [3.63, 3.8) is 0 Å². The van der Waals surface area contributed by atoms with Crippen LogP contribution in [-0.2, 0) is 9.84 Å². The number of rotatable bonds is 14. The molecule has 0 aromatic heterocycles. The molecule has 0 saturated heterocycles. The van der Waals surface area contributed by atoms with Gasteiger partial charge in [0.05, 0.1) is 22.6 Å². The molecule has 4 nitrogen and oxygen atoms in total. The lowest BCUT2D eigenvalue weighted by Crippen LogP contribution is -2.56. The first-order chi connectivity index (χ1) is 14.7. The fourth-order valence-electron chi connectivity index (χ4n) is 3.56. The van der Waals surface area contributed by atoms with Crippen molar-refractivity contribution >= 4 is 9.84 Å². The third-order valence-corrected chi connectivity index (χ3v) is 8.19. The molecule has 0 aliphatic heterocycles. The van der Waals surface area contributed by atoms with Crippen LogP contribution in [0, 0.1) is 0 Å². The van der Waals surface area contributed by atoms with Crippen molar-refractivity contribution in [1.29, 1.82) is 0 Å². The number of halogens is 10. The Morgan fingerprint density at radius 2 is 0.909 bits per heavy atom. The number of alkyl halides is 10. The Hall–Kier alpha value is -0.830. The van der Waals surface area contributed by atoms with Gasteiger partial charge in [0.25, 0.3) is 0 Å². The predicted molar refractivity (Wildman–Crippen MR) is 103 cm³/mol. The summed E-state index contributed by atoms with van der Waals surface area (Å²) < 4.78 is 159. The Morgan fingerprint density at radius 1 is 0.636 bits per heavy atom. The van der Waals surface area contributed by atoms with Crippen molar-refractivity contribution in [3.05, 3.63) is 0 Å². The Balaban J connectivity index is 6.20. The summed E-state index contributed by atoms with van der Waals surface area (Å²) in [4.78, 5) is 0. The minimum absolute atomic E-state index is 0.0327. The van der Waals surface area contributed by atoms with Crippen molar-refractivity contribution in [2.75, 3.05) is 14.1 Å². The van der Waals surface area contributed by atoms with Crippen LogP contribution >= 0.6 is 0 Å². The van der Waals surface area contributed by atoms with Gasteiger partial charge < -0.3 is 10.6 Å². The first-order valence-electron chi connectivity index (χ1n) is 10.2. The molecule has 0 aromatic carbocycles. The summed E-state index contributed by atoms with van der Waals surface area (Å²) in [6.07, 6.45) is -15.1. The van der Waals surface area contributed by atoms with Gasteiger partial charge in [0.2, 0.25) is 0 Å². The van der Waals surface area contributed by atoms with Gasteiger partial charge in [0.15, 0.2) is 9.84 Å². The lowest BCUT2D eigenvalue weighted by molar-refractivity contribution is -0.293. The standard InChI is InChI=1S/C18H30F10N2O2S/c1-5-7-11(9-13(29-3)15(19,20)17(23,24)25)33(31,32)12(8-6-2)10-14(30-4)16(21,22)18(26,27)28/h11-14,29-30H,5-10H2,1-4H3. The predicted octanol–water partition coefficient (Wildman–Crippen LogP) is 5.09. The maximum Gasteiger partial charge on any atom is 0.454 e. The fraction of sp³-hybridized carbons (Fsp3) is 1.00. The summed E-state index contributed by atoms with van der Waals surface area (Å²) in [5.41, 5.74) is 0. The normalized spacial score (nSPS) is 18.1. The van der Waals surface area contributed by atoms with Crippen LogP contribution in [0.3, 0.4) is 0 Å². The van der Waals surface area contributed by atoms with Gasteiger partial charge in [0, 0.05) is 0 Å². The first-order valence-corrected chi connectivity index (χ1v) is 11.8. The van der Waals surface area contributed by atoms with Crippen LogP contribution in [0.2, 0.25) is 0 Å². The molecule has 200 valence electrons. The third kappa shape index (κ3) is 7.58. The summed E-state index contributed by atoms with van der Waals surface area (Å²) in [6.45, 7) is 2.86. The second-order valence-electron chi connectivity index (χ2n) is 7.81. The monoisotopic (exact) mass is 528 g/mol. The molecule has 0 rings (SSSR count). The summed E-state index contributed by atoms with van der Waals surface area (Å²) >= 11 is 0. The van der Waals surface area contributed by atoms with E-state index in [-0.39, 0.29) is 25.7 Å². The molecule has 0 heterocycles. The number of hydrogen-bond acceptors (Lipinski definition) is 4. The summed E-state index contributed by atoms with van der Waals surface area (Å²) in [5.74, 6) is -10.6. The molecule has 0 radical (unpaired) electrons. The van der Waals surface area contributed by atoms with Gasteiger partial charge in [0.1, 0.15) is 0 Å². The molecule has 0 amide bonds. The zero-order valence-corrected chi connectivity index (χ0v) is 19.4. The Kier molecular flexibility index (Phi) is 11.4. The fourth-order valence-corrected chi connectivity index (χ4v) is 6.16. The molecule has 0 fully saturated rings. The van der Waals surface area contributed by atoms with Gasteiger partial charge >= 0.3 is 24.2 Å². The minimum Gasteiger partial charge on any atom is -0.311 e. The largest absolute Gasteiger partial charge is 0.454 e. The van der Waals surface area contributed by atoms with E-state index in [2.05, 4.69) is 0 Å². The van der Waals surface area contributed by atoms with E-state index in [4.69, 9.17) is 0 Å². The highest BCUT2D eigenvalue weighted by atomic mass is 32.2. The molecule has 0 aliphatic carbocycles. The van der Waals surface area contributed by atoms with Crippen LogP contribution in [0.1, 0.15) is 52.4 Å². The van der Waals surface area contributed by atoms with Crippen molar-refractivity contribution in [2.45, 2.75) is 99.2 Å². The molecule has 0 bridgehead atoms. The van der Waals surface area contributed by atoms with Gasteiger partial charge in [-0.25, -0.2) is 8.42 Å². The van der Waals surface area contributed by atoms with Gasteiger partial charge in [-0.1, -0.05) is 26.7 Å². The zero-order valence-electron chi connectivity index (χ0n) is 18.6. The maximum absolute atomic E-state index is 13.9. The highest BCUT2D eigenvalue weighted by molar-refractivity contribution is 7.92. The van der Waals surface area contributed by atoms with Crippen LogP contribution in [0.15, 0.2) is 0 Å². The molecule has 33 heavy (non-hydrogen) atoms. The van der Waals surface area contributed by atoms with Crippen LogP contribution in [-0.4, -0.2) is 69.3 Å². The highest BCUT2D eigenvalue weighted by Gasteiger charge is 2.64. The Labute approximate surface area is 186 Å². The smallest absolute Gasteiger partial charge is 0.311 e. The van der Waals surface area contributed by atoms with Crippen molar-refractivity contribution in [1.82, 2.24) is 10.6 Å². The van der Waals surface area contributed by atoms with E-state index in [0.717, 1.165) is 14.1 Å². The molecule has 0 aliphatic rings. The van der Waals surface area contributed by atoms with E-state index in [1.807, 2.05) is 0 Å². The molecule has 0 aromatic rings. The molecule has 0 saturated carbocycles. The van der Waals surface area contributed by atoms with Crippen molar-refractivity contribution in [2.24, 2.45) is 0 Å². The SMILES string of the molecule is CCCC(CC(NC)C(F)(F)C(F)(F)F)S(=O)(=O)C(CCC)CC(NC)C(F)(F)C(F)(F)F. The lowest BCUT2D eigenvalue weighted by Gasteiger charge is -2.34. The average molecular weight is 528 g/mol. The molecule has 0 spiro atoms. The Morgan fingerprint density at radius 3 is 1.09 bits per heavy atom. The number of hydrogen-bond donors (Lipinski definition) is 2. The first kappa shape index (κ1) is 32.2. The quantitative estimate of drug-likeness (QED) is 0.309. The second-order valence-corrected chi connectivity index (χ2v) is 10.3. The van der Waals surface area contributed by atoms with Gasteiger partial charge in [-0.15, -0.1) is 0 Å². The van der Waals surface area contributed by atoms with Crippen LogP contribution in [0.25, 0.3) is 0 Å². The molecular weight excluding hydrogens is 498 g/mol. The van der Waals surface area contributed by atoms with Gasteiger partial charge in [-0.2, -0.15) is 43.9 Å². The van der Waals surface area contributed by atoms with E-state index in [1.165, 1.54) is 13.8 Å². The van der Waals surface area contributed by atoms with E-state index in [9.17, 15) is 52.3 Å². The Bertz CT molecular complexity index is 643. The van der Waals surface area contributed by atoms with E-state index in [0.29, 0.717) is 0 Å². The average Bonchev–Trinajstić information content (AvgIpc) is 2.65. The third-order valence-electron chi connectivity index (χ3n) is 5.48. The number of nitrogens with one attached hydrogen (secondary N) is 2. The molecule has 4 unspecified atom stereocenters. The second kappa shape index (κ2) is 11.7. The topological polar surface area (TPSA) is 58.2 Å². The number of sulfone groups is 1. The molecule has 2 N–H and O–H groups in total. The lowest BCUT2D eigenvalue weighted by atomic mass is 10.0. The van der Waals surface area contributed by atoms with Gasteiger partial charge in [-0.3, -0.25) is 0 Å². The van der Waals surface area contributed by atoms with E-state index < -0.39 is 69.5 Å². The van der Waals surface area contributed by atoms with Crippen LogP contribution in [0.5, 0.6) is 0 Å². The summed E-state index contributed by atoms with van der Waals surface area (Å²) in [5, 5.41) is -0.113. The van der Waals surface area contributed by atoms with Crippen LogP contribution in [0.4, 0.5) is 43.9 Å². The minimum atomic E-state index is -5.99. The molecule has 15 heteroatoms. The van der Waals surface area contributed by atoms with E-state index >= 15 is 0 Å². The summed E-state index contributed by atoms with van der Waals surface area (Å²) in [7, 11) is -3.13.